The SMILES string of the molecule is Cc1ccc(NC(=O)Nc2ccccc2)cc1NC(=O)[C@@H]1CCC[C@@H]1CN. The van der Waals surface area contributed by atoms with Gasteiger partial charge in [0.25, 0.3) is 0 Å². The van der Waals surface area contributed by atoms with E-state index in [0.717, 1.165) is 24.8 Å². The summed E-state index contributed by atoms with van der Waals surface area (Å²) in [4.78, 5) is 24.8. The molecule has 2 atom stereocenters. The van der Waals surface area contributed by atoms with Gasteiger partial charge in [-0.05, 0) is 62.1 Å². The molecule has 0 spiro atoms. The van der Waals surface area contributed by atoms with Crippen molar-refractivity contribution in [1.29, 1.82) is 0 Å². The summed E-state index contributed by atoms with van der Waals surface area (Å²) in [5.41, 5.74) is 8.78. The molecule has 0 unspecified atom stereocenters. The van der Waals surface area contributed by atoms with Crippen LogP contribution in [0.5, 0.6) is 0 Å². The molecule has 0 bridgehead atoms. The largest absolute Gasteiger partial charge is 0.330 e. The average Bonchev–Trinajstić information content (AvgIpc) is 3.14. The number of hydrogen-bond donors (Lipinski definition) is 4. The van der Waals surface area contributed by atoms with Gasteiger partial charge >= 0.3 is 6.03 Å². The lowest BCUT2D eigenvalue weighted by Crippen LogP contribution is -2.30. The van der Waals surface area contributed by atoms with Crippen LogP contribution in [0.3, 0.4) is 0 Å². The molecule has 6 heteroatoms. The Bertz CT molecular complexity index is 807. The molecule has 2 aromatic rings. The third-order valence-corrected chi connectivity index (χ3v) is 5.08. The van der Waals surface area contributed by atoms with E-state index < -0.39 is 0 Å². The fourth-order valence-electron chi connectivity index (χ4n) is 3.54. The van der Waals surface area contributed by atoms with Gasteiger partial charge < -0.3 is 21.7 Å². The molecule has 0 aromatic heterocycles. The van der Waals surface area contributed by atoms with Crippen molar-refractivity contribution in [3.63, 3.8) is 0 Å². The quantitative estimate of drug-likeness (QED) is 0.645. The zero-order chi connectivity index (χ0) is 19.2. The Morgan fingerprint density at radius 1 is 1.00 bits per heavy atom. The number of urea groups is 1. The second-order valence-corrected chi connectivity index (χ2v) is 7.00. The number of para-hydroxylation sites is 1. The third kappa shape index (κ3) is 4.86. The van der Waals surface area contributed by atoms with Gasteiger partial charge in [0, 0.05) is 23.0 Å². The van der Waals surface area contributed by atoms with Gasteiger partial charge in [-0.2, -0.15) is 0 Å². The predicted molar refractivity (Wildman–Crippen MR) is 109 cm³/mol. The molecular formula is C21H26N4O2. The lowest BCUT2D eigenvalue weighted by molar-refractivity contribution is -0.120. The molecule has 5 N–H and O–H groups in total. The summed E-state index contributed by atoms with van der Waals surface area (Å²) in [6.45, 7) is 2.47. The molecule has 27 heavy (non-hydrogen) atoms. The number of amides is 3. The number of hydrogen-bond acceptors (Lipinski definition) is 3. The van der Waals surface area contributed by atoms with Gasteiger partial charge in [-0.25, -0.2) is 4.79 Å². The number of anilines is 3. The van der Waals surface area contributed by atoms with Crippen LogP contribution in [0, 0.1) is 18.8 Å². The average molecular weight is 366 g/mol. The van der Waals surface area contributed by atoms with Crippen LogP contribution in [0.4, 0.5) is 21.9 Å². The van der Waals surface area contributed by atoms with E-state index in [0.29, 0.717) is 23.6 Å². The van der Waals surface area contributed by atoms with Crippen LogP contribution in [0.1, 0.15) is 24.8 Å². The normalized spacial score (nSPS) is 18.7. The molecule has 0 aliphatic heterocycles. The molecule has 1 fully saturated rings. The Kier molecular flexibility index (Phi) is 6.08. The van der Waals surface area contributed by atoms with Crippen LogP contribution < -0.4 is 21.7 Å². The first-order valence-electron chi connectivity index (χ1n) is 9.31. The van der Waals surface area contributed by atoms with Gasteiger partial charge in [0.1, 0.15) is 0 Å². The molecule has 1 aliphatic carbocycles. The van der Waals surface area contributed by atoms with Gasteiger partial charge in [0.05, 0.1) is 0 Å². The number of aryl methyl sites for hydroxylation is 1. The van der Waals surface area contributed by atoms with Gasteiger partial charge in [-0.3, -0.25) is 4.79 Å². The van der Waals surface area contributed by atoms with Crippen LogP contribution in [-0.2, 0) is 4.79 Å². The van der Waals surface area contributed by atoms with Crippen molar-refractivity contribution in [2.75, 3.05) is 22.5 Å². The minimum atomic E-state index is -0.332. The Labute approximate surface area is 159 Å². The maximum Gasteiger partial charge on any atom is 0.323 e. The highest BCUT2D eigenvalue weighted by atomic mass is 16.2. The van der Waals surface area contributed by atoms with Gasteiger partial charge in [-0.15, -0.1) is 0 Å². The summed E-state index contributed by atoms with van der Waals surface area (Å²) in [5, 5.41) is 8.59. The second kappa shape index (κ2) is 8.68. The third-order valence-electron chi connectivity index (χ3n) is 5.08. The van der Waals surface area contributed by atoms with E-state index >= 15 is 0 Å². The fraction of sp³-hybridized carbons (Fsp3) is 0.333. The van der Waals surface area contributed by atoms with Crippen molar-refractivity contribution in [2.45, 2.75) is 26.2 Å². The van der Waals surface area contributed by atoms with E-state index in [-0.39, 0.29) is 23.8 Å². The first-order chi connectivity index (χ1) is 13.1. The van der Waals surface area contributed by atoms with E-state index in [1.165, 1.54) is 0 Å². The lowest BCUT2D eigenvalue weighted by Gasteiger charge is -2.19. The van der Waals surface area contributed by atoms with Crippen molar-refractivity contribution in [3.8, 4) is 0 Å². The predicted octanol–water partition coefficient (Wildman–Crippen LogP) is 3.95. The molecule has 0 radical (unpaired) electrons. The Morgan fingerprint density at radius 2 is 1.74 bits per heavy atom. The minimum absolute atomic E-state index is 0.0111. The van der Waals surface area contributed by atoms with E-state index in [1.807, 2.05) is 49.4 Å². The summed E-state index contributed by atoms with van der Waals surface area (Å²) < 4.78 is 0. The molecule has 2 aromatic carbocycles. The smallest absolute Gasteiger partial charge is 0.323 e. The Morgan fingerprint density at radius 3 is 2.48 bits per heavy atom. The number of carbonyl (C=O) groups is 2. The molecule has 1 aliphatic rings. The molecule has 1 saturated carbocycles. The standard InChI is InChI=1S/C21H26N4O2/c1-14-10-11-17(24-21(27)23-16-7-3-2-4-8-16)12-19(14)25-20(26)18-9-5-6-15(18)13-22/h2-4,7-8,10-12,15,18H,5-6,9,13,22H2,1H3,(H,25,26)(H2,23,24,27)/t15-,18-/m1/s1. The van der Waals surface area contributed by atoms with Crippen molar-refractivity contribution >= 4 is 29.0 Å². The molecule has 142 valence electrons. The Balaban J connectivity index is 1.65. The highest BCUT2D eigenvalue weighted by molar-refractivity contribution is 6.00. The van der Waals surface area contributed by atoms with Crippen molar-refractivity contribution in [2.24, 2.45) is 17.6 Å². The molecule has 0 saturated heterocycles. The highest BCUT2D eigenvalue weighted by Gasteiger charge is 2.32. The number of carbonyl (C=O) groups excluding carboxylic acids is 2. The highest BCUT2D eigenvalue weighted by Crippen LogP contribution is 2.32. The van der Waals surface area contributed by atoms with E-state index in [4.69, 9.17) is 5.73 Å². The van der Waals surface area contributed by atoms with Crippen LogP contribution in [-0.4, -0.2) is 18.5 Å². The lowest BCUT2D eigenvalue weighted by atomic mass is 9.95. The van der Waals surface area contributed by atoms with E-state index in [2.05, 4.69) is 16.0 Å². The van der Waals surface area contributed by atoms with E-state index in [1.54, 1.807) is 6.07 Å². The molecule has 6 nitrogen and oxygen atoms in total. The van der Waals surface area contributed by atoms with Gasteiger partial charge in [0.15, 0.2) is 0 Å². The van der Waals surface area contributed by atoms with Crippen molar-refractivity contribution in [3.05, 3.63) is 54.1 Å². The first kappa shape index (κ1) is 18.9. The summed E-state index contributed by atoms with van der Waals surface area (Å²) in [6, 6.07) is 14.4. The van der Waals surface area contributed by atoms with Crippen molar-refractivity contribution in [1.82, 2.24) is 0 Å². The van der Waals surface area contributed by atoms with E-state index in [9.17, 15) is 9.59 Å². The maximum atomic E-state index is 12.6. The molecule has 0 heterocycles. The Hall–Kier alpha value is -2.86. The minimum Gasteiger partial charge on any atom is -0.330 e. The zero-order valence-corrected chi connectivity index (χ0v) is 15.5. The topological polar surface area (TPSA) is 96.2 Å². The van der Waals surface area contributed by atoms with Crippen LogP contribution >= 0.6 is 0 Å². The van der Waals surface area contributed by atoms with Crippen LogP contribution in [0.25, 0.3) is 0 Å². The summed E-state index contributed by atoms with van der Waals surface area (Å²) in [5.74, 6) is 0.229. The van der Waals surface area contributed by atoms with Crippen LogP contribution in [0.2, 0.25) is 0 Å². The molecule has 3 rings (SSSR count). The van der Waals surface area contributed by atoms with Gasteiger partial charge in [0.2, 0.25) is 5.91 Å². The summed E-state index contributed by atoms with van der Waals surface area (Å²) in [6.07, 6.45) is 2.93. The fourth-order valence-corrected chi connectivity index (χ4v) is 3.54. The number of benzene rings is 2. The molecular weight excluding hydrogens is 340 g/mol. The second-order valence-electron chi connectivity index (χ2n) is 7.00. The summed E-state index contributed by atoms with van der Waals surface area (Å²) in [7, 11) is 0. The maximum absolute atomic E-state index is 12.6. The van der Waals surface area contributed by atoms with Gasteiger partial charge in [-0.1, -0.05) is 30.7 Å². The zero-order valence-electron chi connectivity index (χ0n) is 15.5. The number of nitrogens with two attached hydrogens (primary N) is 1. The van der Waals surface area contributed by atoms with Crippen LogP contribution in [0.15, 0.2) is 48.5 Å². The van der Waals surface area contributed by atoms with Crippen molar-refractivity contribution < 1.29 is 9.59 Å². The first-order valence-corrected chi connectivity index (χ1v) is 9.31. The number of rotatable bonds is 5. The summed E-state index contributed by atoms with van der Waals surface area (Å²) >= 11 is 0. The molecule has 3 amide bonds. The monoisotopic (exact) mass is 366 g/mol. The number of nitrogens with one attached hydrogen (secondary N) is 3.